The van der Waals surface area contributed by atoms with Gasteiger partial charge in [0.15, 0.2) is 0 Å². The van der Waals surface area contributed by atoms with Crippen LogP contribution in [0.1, 0.15) is 38.2 Å². The molecular weight excluding hydrogens is 212 g/mol. The quantitative estimate of drug-likeness (QED) is 0.865. The van der Waals surface area contributed by atoms with E-state index < -0.39 is 0 Å². The van der Waals surface area contributed by atoms with Crippen molar-refractivity contribution in [3.63, 3.8) is 0 Å². The number of nitrogens with two attached hydrogens (primary N) is 1. The van der Waals surface area contributed by atoms with Crippen molar-refractivity contribution in [2.45, 2.75) is 39.2 Å². The highest BCUT2D eigenvalue weighted by atomic mass is 15.2. The lowest BCUT2D eigenvalue weighted by Gasteiger charge is -2.31. The van der Waals surface area contributed by atoms with Crippen LogP contribution < -0.4 is 10.6 Å². The van der Waals surface area contributed by atoms with Gasteiger partial charge in [0, 0.05) is 37.6 Å². The molecule has 1 aliphatic rings. The highest BCUT2D eigenvalue weighted by Gasteiger charge is 2.19. The van der Waals surface area contributed by atoms with Gasteiger partial charge in [0.1, 0.15) is 0 Å². The molecule has 2 heterocycles. The molecule has 0 unspecified atom stereocenters. The molecule has 1 aromatic rings. The number of rotatable bonds is 4. The smallest absolute Gasteiger partial charge is 0.225 e. The van der Waals surface area contributed by atoms with E-state index in [1.165, 1.54) is 25.7 Å². The molecule has 4 heteroatoms. The maximum absolute atomic E-state index is 5.54. The van der Waals surface area contributed by atoms with E-state index in [9.17, 15) is 0 Å². The molecule has 0 radical (unpaired) electrons. The van der Waals surface area contributed by atoms with Crippen LogP contribution in [-0.4, -0.2) is 23.1 Å². The molecule has 1 fully saturated rings. The van der Waals surface area contributed by atoms with Gasteiger partial charge in [-0.2, -0.15) is 0 Å². The first-order valence-corrected chi connectivity index (χ1v) is 6.59. The highest BCUT2D eigenvalue weighted by Crippen LogP contribution is 2.23. The predicted molar refractivity (Wildman–Crippen MR) is 69.8 cm³/mol. The molecule has 0 amide bonds. The summed E-state index contributed by atoms with van der Waals surface area (Å²) in [6.45, 7) is 4.96. The molecule has 2 rings (SSSR count). The summed E-state index contributed by atoms with van der Waals surface area (Å²) in [6.07, 6.45) is 8.87. The summed E-state index contributed by atoms with van der Waals surface area (Å²) < 4.78 is 0. The average Bonchev–Trinajstić information content (AvgIpc) is 2.40. The predicted octanol–water partition coefficient (Wildman–Crippen LogP) is 1.95. The minimum absolute atomic E-state index is 0.513. The van der Waals surface area contributed by atoms with E-state index in [0.717, 1.165) is 30.5 Å². The van der Waals surface area contributed by atoms with Crippen molar-refractivity contribution in [1.82, 2.24) is 9.97 Å². The summed E-state index contributed by atoms with van der Waals surface area (Å²) >= 11 is 0. The van der Waals surface area contributed by atoms with Crippen molar-refractivity contribution in [3.05, 3.63) is 18.0 Å². The first kappa shape index (κ1) is 12.3. The van der Waals surface area contributed by atoms with Crippen LogP contribution >= 0.6 is 0 Å². The van der Waals surface area contributed by atoms with E-state index in [2.05, 4.69) is 21.8 Å². The van der Waals surface area contributed by atoms with Crippen LogP contribution in [-0.2, 0) is 6.54 Å². The zero-order chi connectivity index (χ0) is 12.1. The Bertz CT molecular complexity index is 328. The third-order valence-corrected chi connectivity index (χ3v) is 3.52. The van der Waals surface area contributed by atoms with Crippen molar-refractivity contribution < 1.29 is 0 Å². The summed E-state index contributed by atoms with van der Waals surface area (Å²) in [7, 11) is 0. The van der Waals surface area contributed by atoms with Gasteiger partial charge in [0.05, 0.1) is 0 Å². The number of nitrogens with zero attached hydrogens (tertiary/aromatic N) is 3. The molecular formula is C13H22N4. The van der Waals surface area contributed by atoms with Gasteiger partial charge in [-0.25, -0.2) is 9.97 Å². The van der Waals surface area contributed by atoms with Crippen molar-refractivity contribution in [2.75, 3.05) is 18.0 Å². The SMILES string of the molecule is CCCC1CCN(c2ncc(CN)cn2)CC1. The fourth-order valence-corrected chi connectivity index (χ4v) is 2.45. The Labute approximate surface area is 103 Å². The Morgan fingerprint density at radius 2 is 1.94 bits per heavy atom. The van der Waals surface area contributed by atoms with E-state index in [1.807, 2.05) is 12.4 Å². The third kappa shape index (κ3) is 3.16. The minimum atomic E-state index is 0.513. The van der Waals surface area contributed by atoms with Crippen molar-refractivity contribution in [1.29, 1.82) is 0 Å². The molecule has 0 spiro atoms. The Balaban J connectivity index is 1.91. The van der Waals surface area contributed by atoms with Crippen LogP contribution in [0.2, 0.25) is 0 Å². The second kappa shape index (κ2) is 5.96. The van der Waals surface area contributed by atoms with Gasteiger partial charge in [0.25, 0.3) is 0 Å². The molecule has 2 N–H and O–H groups in total. The molecule has 1 aromatic heterocycles. The Kier molecular flexibility index (Phi) is 4.31. The van der Waals surface area contributed by atoms with Crippen LogP contribution in [0.4, 0.5) is 5.95 Å². The Hall–Kier alpha value is -1.16. The molecule has 0 saturated carbocycles. The number of hydrogen-bond donors (Lipinski definition) is 1. The van der Waals surface area contributed by atoms with Gasteiger partial charge in [-0.15, -0.1) is 0 Å². The zero-order valence-corrected chi connectivity index (χ0v) is 10.6. The number of anilines is 1. The normalized spacial score (nSPS) is 17.4. The van der Waals surface area contributed by atoms with Gasteiger partial charge < -0.3 is 10.6 Å². The largest absolute Gasteiger partial charge is 0.341 e. The average molecular weight is 234 g/mol. The lowest BCUT2D eigenvalue weighted by molar-refractivity contribution is 0.376. The molecule has 0 atom stereocenters. The van der Waals surface area contributed by atoms with Crippen LogP contribution in [0.25, 0.3) is 0 Å². The summed E-state index contributed by atoms with van der Waals surface area (Å²) in [4.78, 5) is 11.0. The first-order valence-electron chi connectivity index (χ1n) is 6.59. The molecule has 1 saturated heterocycles. The second-order valence-corrected chi connectivity index (χ2v) is 4.81. The number of hydrogen-bond acceptors (Lipinski definition) is 4. The van der Waals surface area contributed by atoms with Crippen LogP contribution in [0.15, 0.2) is 12.4 Å². The molecule has 0 bridgehead atoms. The Morgan fingerprint density at radius 3 is 2.47 bits per heavy atom. The van der Waals surface area contributed by atoms with Crippen molar-refractivity contribution in [2.24, 2.45) is 11.7 Å². The fraction of sp³-hybridized carbons (Fsp3) is 0.692. The van der Waals surface area contributed by atoms with Crippen LogP contribution in [0.3, 0.4) is 0 Å². The maximum Gasteiger partial charge on any atom is 0.225 e. The van der Waals surface area contributed by atoms with E-state index in [-0.39, 0.29) is 0 Å². The van der Waals surface area contributed by atoms with Crippen LogP contribution in [0, 0.1) is 5.92 Å². The fourth-order valence-electron chi connectivity index (χ4n) is 2.45. The zero-order valence-electron chi connectivity index (χ0n) is 10.6. The molecule has 4 nitrogen and oxygen atoms in total. The molecule has 94 valence electrons. The van der Waals surface area contributed by atoms with E-state index in [4.69, 9.17) is 5.73 Å². The van der Waals surface area contributed by atoms with E-state index in [1.54, 1.807) is 0 Å². The van der Waals surface area contributed by atoms with Gasteiger partial charge in [0.2, 0.25) is 5.95 Å². The third-order valence-electron chi connectivity index (χ3n) is 3.52. The van der Waals surface area contributed by atoms with Gasteiger partial charge in [-0.05, 0) is 18.8 Å². The highest BCUT2D eigenvalue weighted by molar-refractivity contribution is 5.30. The van der Waals surface area contributed by atoms with Gasteiger partial charge in [-0.1, -0.05) is 19.8 Å². The standard InChI is InChI=1S/C13H22N4/c1-2-3-11-4-6-17(7-5-11)13-15-9-12(8-14)10-16-13/h9-11H,2-8,14H2,1H3. The molecule has 1 aliphatic heterocycles. The lowest BCUT2D eigenvalue weighted by atomic mass is 9.93. The minimum Gasteiger partial charge on any atom is -0.341 e. The van der Waals surface area contributed by atoms with Crippen molar-refractivity contribution >= 4 is 5.95 Å². The summed E-state index contributed by atoms with van der Waals surface area (Å²) in [5.74, 6) is 1.76. The first-order chi connectivity index (χ1) is 8.33. The molecule has 0 aliphatic carbocycles. The molecule has 17 heavy (non-hydrogen) atoms. The maximum atomic E-state index is 5.54. The van der Waals surface area contributed by atoms with Gasteiger partial charge in [-0.3, -0.25) is 0 Å². The summed E-state index contributed by atoms with van der Waals surface area (Å²) in [5.41, 5.74) is 6.53. The Morgan fingerprint density at radius 1 is 1.29 bits per heavy atom. The lowest BCUT2D eigenvalue weighted by Crippen LogP contribution is -2.34. The summed E-state index contributed by atoms with van der Waals surface area (Å²) in [6, 6.07) is 0. The molecule has 0 aromatic carbocycles. The van der Waals surface area contributed by atoms with Crippen LogP contribution in [0.5, 0.6) is 0 Å². The topological polar surface area (TPSA) is 55.0 Å². The number of aromatic nitrogens is 2. The van der Waals surface area contributed by atoms with E-state index >= 15 is 0 Å². The monoisotopic (exact) mass is 234 g/mol. The van der Waals surface area contributed by atoms with Gasteiger partial charge >= 0.3 is 0 Å². The second-order valence-electron chi connectivity index (χ2n) is 4.81. The number of piperidine rings is 1. The van der Waals surface area contributed by atoms with E-state index in [0.29, 0.717) is 6.54 Å². The van der Waals surface area contributed by atoms with Crippen molar-refractivity contribution in [3.8, 4) is 0 Å². The summed E-state index contributed by atoms with van der Waals surface area (Å²) in [5, 5.41) is 0.